The number of likely N-dealkylation sites (N-methyl/N-ethyl adjacent to an activating group) is 1. The number of esters is 1. The molecule has 0 bridgehead atoms. The van der Waals surface area contributed by atoms with Gasteiger partial charge in [-0.15, -0.1) is 0 Å². The van der Waals surface area contributed by atoms with Crippen LogP contribution in [0.4, 0.5) is 5.69 Å². The van der Waals surface area contributed by atoms with Crippen molar-refractivity contribution in [3.8, 4) is 5.75 Å². The van der Waals surface area contributed by atoms with Crippen LogP contribution < -0.4 is 15.0 Å². The smallest absolute Gasteiger partial charge is 0.350 e. The van der Waals surface area contributed by atoms with E-state index in [0.717, 1.165) is 0 Å². The maximum absolute atomic E-state index is 12.2. The molecule has 0 aliphatic carbocycles. The minimum Gasteiger partial charge on any atom is -0.475 e. The number of carbonyl (C=O) groups is 3. The predicted octanol–water partition coefficient (Wildman–Crippen LogP) is 0.868. The van der Waals surface area contributed by atoms with Crippen LogP contribution in [0, 0.1) is 0 Å². The van der Waals surface area contributed by atoms with Crippen LogP contribution in [0.15, 0.2) is 24.3 Å². The molecule has 1 aromatic rings. The first-order valence-corrected chi connectivity index (χ1v) is 7.46. The number of hydrogen-bond donors (Lipinski definition) is 1. The Bertz CT molecular complexity index is 616. The third-order valence-corrected chi connectivity index (χ3v) is 3.43. The fourth-order valence-corrected chi connectivity index (χ4v) is 2.28. The second-order valence-electron chi connectivity index (χ2n) is 5.18. The summed E-state index contributed by atoms with van der Waals surface area (Å²) in [4.78, 5) is 37.1. The van der Waals surface area contributed by atoms with E-state index in [-0.39, 0.29) is 18.4 Å². The largest absolute Gasteiger partial charge is 0.475 e. The molecule has 124 valence electrons. The van der Waals surface area contributed by atoms with Crippen LogP contribution in [-0.4, -0.2) is 43.1 Å². The monoisotopic (exact) mass is 320 g/mol. The molecule has 2 rings (SSSR count). The number of nitrogens with zero attached hydrogens (tertiary/aromatic N) is 1. The van der Waals surface area contributed by atoms with Gasteiger partial charge in [0.15, 0.2) is 6.10 Å². The van der Waals surface area contributed by atoms with E-state index in [1.807, 2.05) is 0 Å². The zero-order valence-corrected chi connectivity index (χ0v) is 13.4. The SMILES string of the molecule is CCNC(=O)[C@@H](C)OC(=O)[C@@H]1CN(C(C)=O)c2ccccc2O1. The van der Waals surface area contributed by atoms with Gasteiger partial charge < -0.3 is 19.7 Å². The average Bonchev–Trinajstić information content (AvgIpc) is 2.53. The van der Waals surface area contributed by atoms with Crippen LogP contribution in [0.1, 0.15) is 20.8 Å². The first-order valence-electron chi connectivity index (χ1n) is 7.46. The lowest BCUT2D eigenvalue weighted by atomic mass is 10.2. The summed E-state index contributed by atoms with van der Waals surface area (Å²) in [7, 11) is 0. The molecule has 1 aromatic carbocycles. The van der Waals surface area contributed by atoms with Crippen LogP contribution in [0.25, 0.3) is 0 Å². The molecule has 1 N–H and O–H groups in total. The number of carbonyl (C=O) groups excluding carboxylic acids is 3. The van der Waals surface area contributed by atoms with Gasteiger partial charge in [0.1, 0.15) is 5.75 Å². The fraction of sp³-hybridized carbons (Fsp3) is 0.438. The Balaban J connectivity index is 2.11. The summed E-state index contributed by atoms with van der Waals surface area (Å²) in [5.41, 5.74) is 0.612. The van der Waals surface area contributed by atoms with Gasteiger partial charge >= 0.3 is 5.97 Å². The van der Waals surface area contributed by atoms with Gasteiger partial charge in [-0.05, 0) is 26.0 Å². The van der Waals surface area contributed by atoms with Gasteiger partial charge in [-0.25, -0.2) is 4.79 Å². The van der Waals surface area contributed by atoms with E-state index >= 15 is 0 Å². The van der Waals surface area contributed by atoms with E-state index in [0.29, 0.717) is 18.0 Å². The van der Waals surface area contributed by atoms with Crippen LogP contribution in [0.3, 0.4) is 0 Å². The van der Waals surface area contributed by atoms with Crippen molar-refractivity contribution in [1.29, 1.82) is 0 Å². The first kappa shape index (κ1) is 16.8. The number of para-hydroxylation sites is 2. The quantitative estimate of drug-likeness (QED) is 0.832. The van der Waals surface area contributed by atoms with E-state index in [1.54, 1.807) is 31.2 Å². The molecule has 0 fully saturated rings. The lowest BCUT2D eigenvalue weighted by molar-refractivity contribution is -0.161. The fourth-order valence-electron chi connectivity index (χ4n) is 2.28. The topological polar surface area (TPSA) is 84.9 Å². The van der Waals surface area contributed by atoms with Crippen LogP contribution in [0.2, 0.25) is 0 Å². The molecule has 0 radical (unpaired) electrons. The number of ether oxygens (including phenoxy) is 2. The Morgan fingerprint density at radius 1 is 1.39 bits per heavy atom. The highest BCUT2D eigenvalue weighted by molar-refractivity contribution is 5.95. The van der Waals surface area contributed by atoms with E-state index < -0.39 is 18.2 Å². The zero-order valence-electron chi connectivity index (χ0n) is 13.4. The highest BCUT2D eigenvalue weighted by Gasteiger charge is 2.34. The first-order chi connectivity index (χ1) is 10.9. The molecule has 23 heavy (non-hydrogen) atoms. The van der Waals surface area contributed by atoms with E-state index in [2.05, 4.69) is 5.32 Å². The van der Waals surface area contributed by atoms with Gasteiger partial charge in [-0.2, -0.15) is 0 Å². The highest BCUT2D eigenvalue weighted by Crippen LogP contribution is 2.33. The molecular formula is C16H20N2O5. The molecule has 1 aliphatic rings. The normalized spacial score (nSPS) is 17.5. The maximum Gasteiger partial charge on any atom is 0.350 e. The van der Waals surface area contributed by atoms with Gasteiger partial charge in [0.05, 0.1) is 12.2 Å². The Labute approximate surface area is 134 Å². The minimum absolute atomic E-state index is 0.0489. The molecular weight excluding hydrogens is 300 g/mol. The molecule has 7 heteroatoms. The number of hydrogen-bond acceptors (Lipinski definition) is 5. The average molecular weight is 320 g/mol. The molecule has 1 aliphatic heterocycles. The number of fused-ring (bicyclic) bond motifs is 1. The van der Waals surface area contributed by atoms with Crippen molar-refractivity contribution in [3.05, 3.63) is 24.3 Å². The minimum atomic E-state index is -0.967. The van der Waals surface area contributed by atoms with Gasteiger partial charge in [0.25, 0.3) is 5.91 Å². The number of amides is 2. The molecule has 0 saturated carbocycles. The number of anilines is 1. The predicted molar refractivity (Wildman–Crippen MR) is 83.1 cm³/mol. The van der Waals surface area contributed by atoms with Crippen molar-refractivity contribution in [2.75, 3.05) is 18.0 Å². The summed E-state index contributed by atoms with van der Waals surface area (Å²) >= 11 is 0. The molecule has 2 atom stereocenters. The lowest BCUT2D eigenvalue weighted by Gasteiger charge is -2.33. The Kier molecular flexibility index (Phi) is 5.20. The molecule has 0 aromatic heterocycles. The Hall–Kier alpha value is -2.57. The van der Waals surface area contributed by atoms with Crippen molar-refractivity contribution in [2.24, 2.45) is 0 Å². The third kappa shape index (κ3) is 3.80. The highest BCUT2D eigenvalue weighted by atomic mass is 16.6. The second-order valence-corrected chi connectivity index (χ2v) is 5.18. The van der Waals surface area contributed by atoms with Crippen molar-refractivity contribution >= 4 is 23.5 Å². The van der Waals surface area contributed by atoms with Gasteiger partial charge in [-0.3, -0.25) is 9.59 Å². The summed E-state index contributed by atoms with van der Waals surface area (Å²) < 4.78 is 10.7. The number of benzene rings is 1. The summed E-state index contributed by atoms with van der Waals surface area (Å²) in [5, 5.41) is 2.57. The van der Waals surface area contributed by atoms with Gasteiger partial charge in [0, 0.05) is 13.5 Å². The molecule has 2 amide bonds. The van der Waals surface area contributed by atoms with Gasteiger partial charge in [-0.1, -0.05) is 12.1 Å². The number of nitrogens with one attached hydrogen (secondary N) is 1. The zero-order chi connectivity index (χ0) is 17.0. The number of rotatable bonds is 4. The Morgan fingerprint density at radius 3 is 2.74 bits per heavy atom. The van der Waals surface area contributed by atoms with Gasteiger partial charge in [0.2, 0.25) is 12.0 Å². The molecule has 0 saturated heterocycles. The summed E-state index contributed by atoms with van der Waals surface area (Å²) in [6, 6.07) is 6.96. The summed E-state index contributed by atoms with van der Waals surface area (Å²) in [5.74, 6) is -0.818. The van der Waals surface area contributed by atoms with Crippen molar-refractivity contribution < 1.29 is 23.9 Å². The van der Waals surface area contributed by atoms with Crippen LogP contribution in [-0.2, 0) is 19.1 Å². The standard InChI is InChI=1S/C16H20N2O5/c1-4-17-15(20)10(2)22-16(21)14-9-18(11(3)19)12-7-5-6-8-13(12)23-14/h5-8,10,14H,4,9H2,1-3H3,(H,17,20)/t10-,14+/m1/s1. The third-order valence-electron chi connectivity index (χ3n) is 3.43. The van der Waals surface area contributed by atoms with Crippen LogP contribution in [0.5, 0.6) is 5.75 Å². The van der Waals surface area contributed by atoms with Crippen LogP contribution >= 0.6 is 0 Å². The second kappa shape index (κ2) is 7.13. The van der Waals surface area contributed by atoms with Crippen molar-refractivity contribution in [2.45, 2.75) is 33.0 Å². The molecule has 1 heterocycles. The van der Waals surface area contributed by atoms with E-state index in [1.165, 1.54) is 18.7 Å². The Morgan fingerprint density at radius 2 is 2.09 bits per heavy atom. The lowest BCUT2D eigenvalue weighted by Crippen LogP contribution is -2.48. The van der Waals surface area contributed by atoms with E-state index in [9.17, 15) is 14.4 Å². The molecule has 0 spiro atoms. The van der Waals surface area contributed by atoms with E-state index in [4.69, 9.17) is 9.47 Å². The van der Waals surface area contributed by atoms with Crippen molar-refractivity contribution in [1.82, 2.24) is 5.32 Å². The molecule has 0 unspecified atom stereocenters. The summed E-state index contributed by atoms with van der Waals surface area (Å²) in [6.07, 6.45) is -1.89. The summed E-state index contributed by atoms with van der Waals surface area (Å²) in [6.45, 7) is 5.18. The van der Waals surface area contributed by atoms with Crippen molar-refractivity contribution in [3.63, 3.8) is 0 Å². The molecule has 7 nitrogen and oxygen atoms in total. The maximum atomic E-state index is 12.2.